The fourth-order valence-electron chi connectivity index (χ4n) is 3.60. The van der Waals surface area contributed by atoms with Crippen LogP contribution in [0.4, 0.5) is 0 Å². The number of nitrogens with zero attached hydrogens (tertiary/aromatic N) is 2. The molecule has 2 aromatic heterocycles. The maximum atomic E-state index is 4.34. The number of H-pyrrole nitrogens is 1. The van der Waals surface area contributed by atoms with Crippen molar-refractivity contribution in [2.45, 2.75) is 25.4 Å². The summed E-state index contributed by atoms with van der Waals surface area (Å²) in [6.07, 6.45) is 6.66. The topological polar surface area (TPSA) is 44.0 Å². The summed E-state index contributed by atoms with van der Waals surface area (Å²) in [4.78, 5) is 10.2. The molecule has 1 unspecified atom stereocenters. The summed E-state index contributed by atoms with van der Waals surface area (Å²) in [5.74, 6) is 0.883. The zero-order chi connectivity index (χ0) is 12.7. The summed E-state index contributed by atoms with van der Waals surface area (Å²) in [5, 5.41) is 5.00. The molecule has 3 saturated heterocycles. The Kier molecular flexibility index (Phi) is 2.78. The van der Waals surface area contributed by atoms with E-state index in [4.69, 9.17) is 0 Å². The van der Waals surface area contributed by atoms with E-state index in [0.717, 1.165) is 18.1 Å². The Balaban J connectivity index is 1.47. The van der Waals surface area contributed by atoms with Gasteiger partial charge in [0.05, 0.1) is 0 Å². The third kappa shape index (κ3) is 2.05. The number of hydrogen-bond donors (Lipinski definition) is 2. The molecular weight excluding hydrogens is 236 g/mol. The highest BCUT2D eigenvalue weighted by Gasteiger charge is 2.33. The van der Waals surface area contributed by atoms with Crippen LogP contribution in [0.1, 0.15) is 18.4 Å². The van der Waals surface area contributed by atoms with Gasteiger partial charge in [0.25, 0.3) is 0 Å². The molecule has 0 radical (unpaired) electrons. The average Bonchev–Trinajstić information content (AvgIpc) is 2.90. The van der Waals surface area contributed by atoms with Crippen molar-refractivity contribution in [3.05, 3.63) is 30.1 Å². The van der Waals surface area contributed by atoms with Crippen molar-refractivity contribution in [3.63, 3.8) is 0 Å². The van der Waals surface area contributed by atoms with Crippen LogP contribution in [0.3, 0.4) is 0 Å². The van der Waals surface area contributed by atoms with Crippen molar-refractivity contribution >= 4 is 11.0 Å². The molecule has 2 N–H and O–H groups in total. The van der Waals surface area contributed by atoms with Crippen molar-refractivity contribution < 1.29 is 0 Å². The third-order valence-electron chi connectivity index (χ3n) is 4.75. The molecule has 0 aromatic carbocycles. The molecule has 0 amide bonds. The van der Waals surface area contributed by atoms with Gasteiger partial charge in [-0.3, -0.25) is 0 Å². The molecule has 2 aromatic rings. The third-order valence-corrected chi connectivity index (χ3v) is 4.75. The van der Waals surface area contributed by atoms with Crippen LogP contribution >= 0.6 is 0 Å². The number of aromatic amines is 1. The second-order valence-electron chi connectivity index (χ2n) is 5.84. The maximum absolute atomic E-state index is 4.34. The molecule has 5 heterocycles. The van der Waals surface area contributed by atoms with E-state index in [9.17, 15) is 0 Å². The van der Waals surface area contributed by atoms with Gasteiger partial charge in [-0.1, -0.05) is 0 Å². The molecule has 19 heavy (non-hydrogen) atoms. The first-order valence-corrected chi connectivity index (χ1v) is 7.27. The Labute approximate surface area is 113 Å². The molecule has 2 bridgehead atoms. The lowest BCUT2D eigenvalue weighted by molar-refractivity contribution is 0.0720. The molecule has 4 heteroatoms. The van der Waals surface area contributed by atoms with Gasteiger partial charge < -0.3 is 15.2 Å². The van der Waals surface area contributed by atoms with Crippen LogP contribution in [0.15, 0.2) is 24.5 Å². The normalized spacial score (nSPS) is 30.0. The minimum atomic E-state index is 0.670. The number of fused-ring (bicyclic) bond motifs is 4. The first-order valence-electron chi connectivity index (χ1n) is 7.27. The van der Waals surface area contributed by atoms with Gasteiger partial charge >= 0.3 is 0 Å². The summed E-state index contributed by atoms with van der Waals surface area (Å²) in [7, 11) is 0. The first-order chi connectivity index (χ1) is 9.40. The van der Waals surface area contributed by atoms with E-state index in [-0.39, 0.29) is 0 Å². The van der Waals surface area contributed by atoms with Crippen LogP contribution < -0.4 is 5.32 Å². The van der Waals surface area contributed by atoms with E-state index in [1.165, 1.54) is 43.4 Å². The Hall–Kier alpha value is -1.39. The van der Waals surface area contributed by atoms with Gasteiger partial charge in [-0.05, 0) is 49.5 Å². The largest absolute Gasteiger partial charge is 0.346 e. The van der Waals surface area contributed by atoms with Gasteiger partial charge in [0, 0.05) is 36.9 Å². The monoisotopic (exact) mass is 256 g/mol. The predicted octanol–water partition coefficient (Wildman–Crippen LogP) is 1.75. The number of piperidine rings is 3. The Morgan fingerprint density at radius 1 is 1.37 bits per heavy atom. The lowest BCUT2D eigenvalue weighted by atomic mass is 9.84. The van der Waals surface area contributed by atoms with Gasteiger partial charge in [-0.25, -0.2) is 4.98 Å². The number of hydrogen-bond acceptors (Lipinski definition) is 3. The standard InChI is InChI=1S/C15H20N4/c1-2-13-12(9-18-15(13)16-5-1)8-17-14-10-19-6-3-11(14)4-7-19/h1-2,5,9,11,14,17H,3-4,6-8,10H2,(H,16,18). The first kappa shape index (κ1) is 11.4. The molecule has 0 aliphatic carbocycles. The summed E-state index contributed by atoms with van der Waals surface area (Å²) in [6, 6.07) is 4.82. The minimum absolute atomic E-state index is 0.670. The number of rotatable bonds is 3. The van der Waals surface area contributed by atoms with Crippen LogP contribution in [0, 0.1) is 5.92 Å². The Bertz CT molecular complexity index is 568. The second-order valence-corrected chi connectivity index (χ2v) is 5.84. The lowest BCUT2D eigenvalue weighted by Gasteiger charge is -2.45. The van der Waals surface area contributed by atoms with Crippen LogP contribution in [0.5, 0.6) is 0 Å². The Morgan fingerprint density at radius 3 is 3.05 bits per heavy atom. The highest BCUT2D eigenvalue weighted by molar-refractivity contribution is 5.79. The highest BCUT2D eigenvalue weighted by Crippen LogP contribution is 2.28. The van der Waals surface area contributed by atoms with Gasteiger partial charge in [0.2, 0.25) is 0 Å². The number of nitrogens with one attached hydrogen (secondary N) is 2. The quantitative estimate of drug-likeness (QED) is 0.879. The molecule has 3 aliphatic heterocycles. The van der Waals surface area contributed by atoms with Crippen molar-refractivity contribution in [1.29, 1.82) is 0 Å². The van der Waals surface area contributed by atoms with Crippen molar-refractivity contribution in [2.24, 2.45) is 5.92 Å². The molecule has 3 fully saturated rings. The van der Waals surface area contributed by atoms with Crippen LogP contribution in [0.25, 0.3) is 11.0 Å². The average molecular weight is 256 g/mol. The van der Waals surface area contributed by atoms with Crippen molar-refractivity contribution in [2.75, 3.05) is 19.6 Å². The molecule has 3 aliphatic rings. The van der Waals surface area contributed by atoms with E-state index in [2.05, 4.69) is 32.4 Å². The summed E-state index contributed by atoms with van der Waals surface area (Å²) >= 11 is 0. The zero-order valence-corrected chi connectivity index (χ0v) is 11.1. The Morgan fingerprint density at radius 2 is 2.26 bits per heavy atom. The van der Waals surface area contributed by atoms with E-state index in [1.807, 2.05) is 12.3 Å². The second kappa shape index (κ2) is 4.62. The van der Waals surface area contributed by atoms with Gasteiger partial charge in [-0.15, -0.1) is 0 Å². The molecule has 4 nitrogen and oxygen atoms in total. The fourth-order valence-corrected chi connectivity index (χ4v) is 3.60. The van der Waals surface area contributed by atoms with Crippen molar-refractivity contribution in [3.8, 4) is 0 Å². The smallest absolute Gasteiger partial charge is 0.137 e. The lowest BCUT2D eigenvalue weighted by Crippen LogP contribution is -2.55. The van der Waals surface area contributed by atoms with Gasteiger partial charge in [0.1, 0.15) is 5.65 Å². The SMILES string of the molecule is c1cnc2[nH]cc(CNC3CN4CCC3CC4)c2c1. The highest BCUT2D eigenvalue weighted by atomic mass is 15.2. The van der Waals surface area contributed by atoms with Crippen LogP contribution in [0.2, 0.25) is 0 Å². The maximum Gasteiger partial charge on any atom is 0.137 e. The van der Waals surface area contributed by atoms with E-state index >= 15 is 0 Å². The summed E-state index contributed by atoms with van der Waals surface area (Å²) in [5.41, 5.74) is 2.33. The molecule has 0 spiro atoms. The molecule has 0 saturated carbocycles. The van der Waals surface area contributed by atoms with E-state index in [0.29, 0.717) is 6.04 Å². The fraction of sp³-hybridized carbons (Fsp3) is 0.533. The molecular formula is C15H20N4. The number of pyridine rings is 1. The molecule has 1 atom stereocenters. The van der Waals surface area contributed by atoms with E-state index in [1.54, 1.807) is 0 Å². The van der Waals surface area contributed by atoms with Gasteiger partial charge in [-0.2, -0.15) is 0 Å². The van der Waals surface area contributed by atoms with Crippen LogP contribution in [-0.2, 0) is 6.54 Å². The zero-order valence-electron chi connectivity index (χ0n) is 11.1. The van der Waals surface area contributed by atoms with Crippen LogP contribution in [-0.4, -0.2) is 40.5 Å². The number of aromatic nitrogens is 2. The predicted molar refractivity (Wildman–Crippen MR) is 75.9 cm³/mol. The molecule has 100 valence electrons. The van der Waals surface area contributed by atoms with E-state index < -0.39 is 0 Å². The van der Waals surface area contributed by atoms with Gasteiger partial charge in [0.15, 0.2) is 0 Å². The molecule has 5 rings (SSSR count). The summed E-state index contributed by atoms with van der Waals surface area (Å²) < 4.78 is 0. The van der Waals surface area contributed by atoms with Crippen molar-refractivity contribution in [1.82, 2.24) is 20.2 Å². The minimum Gasteiger partial charge on any atom is -0.346 e. The summed E-state index contributed by atoms with van der Waals surface area (Å²) in [6.45, 7) is 4.78.